The molecule has 1 aromatic heterocycles. The maximum atomic E-state index is 12.2. The predicted octanol–water partition coefficient (Wildman–Crippen LogP) is 1.25. The van der Waals surface area contributed by atoms with Gasteiger partial charge in [0.05, 0.1) is 11.4 Å². The average molecular weight is 292 g/mol. The summed E-state index contributed by atoms with van der Waals surface area (Å²) in [5.74, 6) is 0.588. The quantitative estimate of drug-likeness (QED) is 0.791. The van der Waals surface area contributed by atoms with Crippen molar-refractivity contribution < 1.29 is 8.42 Å². The average Bonchev–Trinajstić information content (AvgIpc) is 2.98. The molecule has 0 amide bonds. The topological polar surface area (TPSA) is 86.9 Å². The largest absolute Gasteiger partial charge is 0.385 e. The van der Waals surface area contributed by atoms with E-state index in [1.54, 1.807) is 24.5 Å². The number of sulfonamides is 1. The normalized spacial score (nSPS) is 14.6. The number of aromatic amines is 1. The summed E-state index contributed by atoms with van der Waals surface area (Å²) in [6.45, 7) is 1.04. The van der Waals surface area contributed by atoms with Gasteiger partial charge in [0.2, 0.25) is 10.0 Å². The highest BCUT2D eigenvalue weighted by molar-refractivity contribution is 7.89. The number of nitrogens with zero attached hydrogens (tertiary/aromatic N) is 1. The van der Waals surface area contributed by atoms with Gasteiger partial charge in [-0.1, -0.05) is 6.07 Å². The molecule has 3 rings (SSSR count). The summed E-state index contributed by atoms with van der Waals surface area (Å²) in [6, 6.07) is 5.22. The van der Waals surface area contributed by atoms with Crippen molar-refractivity contribution in [3.05, 3.63) is 42.0 Å². The Kier molecular flexibility index (Phi) is 3.45. The van der Waals surface area contributed by atoms with Gasteiger partial charge >= 0.3 is 0 Å². The van der Waals surface area contributed by atoms with Gasteiger partial charge in [0.15, 0.2) is 0 Å². The molecule has 2 heterocycles. The van der Waals surface area contributed by atoms with Gasteiger partial charge < -0.3 is 10.3 Å². The molecule has 0 saturated heterocycles. The number of rotatable bonds is 4. The molecule has 3 N–H and O–H groups in total. The van der Waals surface area contributed by atoms with Gasteiger partial charge in [-0.15, -0.1) is 0 Å². The number of imidazole rings is 1. The number of nitrogens with one attached hydrogen (secondary N) is 3. The first-order valence-electron chi connectivity index (χ1n) is 6.50. The Hall–Kier alpha value is -1.86. The van der Waals surface area contributed by atoms with Crippen molar-refractivity contribution in [2.24, 2.45) is 0 Å². The monoisotopic (exact) mass is 292 g/mol. The molecule has 0 saturated carbocycles. The lowest BCUT2D eigenvalue weighted by atomic mass is 10.0. The number of aryl methyl sites for hydroxylation is 1. The molecule has 7 heteroatoms. The van der Waals surface area contributed by atoms with Crippen LogP contribution < -0.4 is 10.0 Å². The highest BCUT2D eigenvalue weighted by Gasteiger charge is 2.17. The fourth-order valence-electron chi connectivity index (χ4n) is 2.25. The van der Waals surface area contributed by atoms with Crippen molar-refractivity contribution in [1.29, 1.82) is 0 Å². The number of fused-ring (bicyclic) bond motifs is 1. The molecule has 1 aromatic carbocycles. The Bertz CT molecular complexity index is 695. The summed E-state index contributed by atoms with van der Waals surface area (Å²) < 4.78 is 27.0. The van der Waals surface area contributed by atoms with E-state index in [1.807, 2.05) is 6.07 Å². The summed E-state index contributed by atoms with van der Waals surface area (Å²) in [7, 11) is -3.52. The number of H-pyrrole nitrogens is 1. The third-order valence-electron chi connectivity index (χ3n) is 3.31. The molecule has 0 spiro atoms. The van der Waals surface area contributed by atoms with Gasteiger partial charge in [-0.2, -0.15) is 0 Å². The Labute approximate surface area is 117 Å². The lowest BCUT2D eigenvalue weighted by Gasteiger charge is -2.18. The van der Waals surface area contributed by atoms with Crippen molar-refractivity contribution in [2.75, 3.05) is 11.9 Å². The van der Waals surface area contributed by atoms with Gasteiger partial charge in [0.25, 0.3) is 0 Å². The molecular weight excluding hydrogens is 276 g/mol. The van der Waals surface area contributed by atoms with Crippen LogP contribution in [0.3, 0.4) is 0 Å². The van der Waals surface area contributed by atoms with Crippen molar-refractivity contribution in [3.8, 4) is 0 Å². The summed E-state index contributed by atoms with van der Waals surface area (Å²) >= 11 is 0. The zero-order chi connectivity index (χ0) is 14.0. The van der Waals surface area contributed by atoms with E-state index in [4.69, 9.17) is 0 Å². The number of benzene rings is 1. The van der Waals surface area contributed by atoms with Gasteiger partial charge in [0.1, 0.15) is 5.82 Å². The molecule has 0 fully saturated rings. The van der Waals surface area contributed by atoms with Crippen LogP contribution >= 0.6 is 0 Å². The first-order valence-corrected chi connectivity index (χ1v) is 7.98. The van der Waals surface area contributed by atoms with Crippen LogP contribution in [0.15, 0.2) is 35.5 Å². The van der Waals surface area contributed by atoms with E-state index in [0.29, 0.717) is 5.82 Å². The molecule has 0 aliphatic carbocycles. The molecule has 2 aromatic rings. The highest BCUT2D eigenvalue weighted by atomic mass is 32.2. The molecule has 6 nitrogen and oxygen atoms in total. The van der Waals surface area contributed by atoms with Gasteiger partial charge in [-0.05, 0) is 30.5 Å². The minimum Gasteiger partial charge on any atom is -0.385 e. The molecule has 20 heavy (non-hydrogen) atoms. The number of hydrogen-bond donors (Lipinski definition) is 3. The van der Waals surface area contributed by atoms with Crippen molar-refractivity contribution in [1.82, 2.24) is 14.7 Å². The zero-order valence-electron chi connectivity index (χ0n) is 10.9. The van der Waals surface area contributed by atoms with E-state index in [-0.39, 0.29) is 11.4 Å². The molecular formula is C13H16N4O2S. The summed E-state index contributed by atoms with van der Waals surface area (Å²) in [5.41, 5.74) is 2.08. The predicted molar refractivity (Wildman–Crippen MR) is 75.9 cm³/mol. The molecule has 0 bridgehead atoms. The Morgan fingerprint density at radius 3 is 3.05 bits per heavy atom. The second-order valence-electron chi connectivity index (χ2n) is 4.71. The van der Waals surface area contributed by atoms with Crippen LogP contribution in [0.5, 0.6) is 0 Å². The summed E-state index contributed by atoms with van der Waals surface area (Å²) in [6.07, 6.45) is 5.32. The number of hydrogen-bond acceptors (Lipinski definition) is 4. The molecule has 0 unspecified atom stereocenters. The maximum Gasteiger partial charge on any atom is 0.241 e. The minimum atomic E-state index is -3.52. The van der Waals surface area contributed by atoms with E-state index < -0.39 is 10.0 Å². The third-order valence-corrected chi connectivity index (χ3v) is 4.71. The van der Waals surface area contributed by atoms with Crippen molar-refractivity contribution in [3.63, 3.8) is 0 Å². The highest BCUT2D eigenvalue weighted by Crippen LogP contribution is 2.25. The van der Waals surface area contributed by atoms with Gasteiger partial charge in [-0.3, -0.25) is 0 Å². The lowest BCUT2D eigenvalue weighted by Crippen LogP contribution is -2.24. The van der Waals surface area contributed by atoms with E-state index in [0.717, 1.165) is 25.1 Å². The second-order valence-corrected chi connectivity index (χ2v) is 6.48. The van der Waals surface area contributed by atoms with Crippen molar-refractivity contribution in [2.45, 2.75) is 24.3 Å². The minimum absolute atomic E-state index is 0.153. The van der Waals surface area contributed by atoms with E-state index in [2.05, 4.69) is 20.0 Å². The van der Waals surface area contributed by atoms with Gasteiger partial charge in [-0.25, -0.2) is 18.1 Å². The maximum absolute atomic E-state index is 12.2. The van der Waals surface area contributed by atoms with Crippen LogP contribution in [-0.4, -0.2) is 24.9 Å². The fraction of sp³-hybridized carbons (Fsp3) is 0.308. The smallest absolute Gasteiger partial charge is 0.241 e. The number of anilines is 1. The van der Waals surface area contributed by atoms with E-state index >= 15 is 0 Å². The van der Waals surface area contributed by atoms with E-state index in [1.165, 1.54) is 5.56 Å². The second kappa shape index (κ2) is 5.26. The molecule has 0 radical (unpaired) electrons. The first-order chi connectivity index (χ1) is 9.65. The fourth-order valence-corrected chi connectivity index (χ4v) is 3.26. The van der Waals surface area contributed by atoms with Crippen LogP contribution in [0.25, 0.3) is 0 Å². The van der Waals surface area contributed by atoms with E-state index in [9.17, 15) is 8.42 Å². The van der Waals surface area contributed by atoms with Gasteiger partial charge in [0, 0.05) is 24.6 Å². The van der Waals surface area contributed by atoms with Crippen molar-refractivity contribution >= 4 is 15.7 Å². The molecule has 1 aliphatic heterocycles. The van der Waals surface area contributed by atoms with Crippen LogP contribution in [0, 0.1) is 0 Å². The number of aromatic nitrogens is 2. The third kappa shape index (κ3) is 2.68. The standard InChI is InChI=1S/C13H16N4O2S/c18-20(19,17-9-13-15-6-7-16-13)11-4-3-10-2-1-5-14-12(10)8-11/h3-4,6-8,14,17H,1-2,5,9H2,(H,15,16). The van der Waals surface area contributed by atoms with Crippen LogP contribution in [0.2, 0.25) is 0 Å². The lowest BCUT2D eigenvalue weighted by molar-refractivity contribution is 0.579. The molecule has 0 atom stereocenters. The SMILES string of the molecule is O=S(=O)(NCc1ncc[nH]1)c1ccc2c(c1)NCCC2. The summed E-state index contributed by atoms with van der Waals surface area (Å²) in [5, 5.41) is 3.23. The Morgan fingerprint density at radius 2 is 2.25 bits per heavy atom. The van der Waals surface area contributed by atoms with Crippen LogP contribution in [-0.2, 0) is 23.0 Å². The van der Waals surface area contributed by atoms with Crippen LogP contribution in [0.4, 0.5) is 5.69 Å². The first kappa shape index (κ1) is 13.1. The zero-order valence-corrected chi connectivity index (χ0v) is 11.7. The van der Waals surface area contributed by atoms with Crippen LogP contribution in [0.1, 0.15) is 17.8 Å². The Morgan fingerprint density at radius 1 is 1.35 bits per heavy atom. The molecule has 106 valence electrons. The Balaban J connectivity index is 1.80. The molecule has 1 aliphatic rings. The summed E-state index contributed by atoms with van der Waals surface area (Å²) in [4.78, 5) is 7.12.